The third-order valence-corrected chi connectivity index (χ3v) is 3.37. The zero-order valence-corrected chi connectivity index (χ0v) is 13.9. The fourth-order valence-corrected chi connectivity index (χ4v) is 2.07. The number of nitrogens with two attached hydrogens (primary N) is 1. The topological polar surface area (TPSA) is 83.1 Å². The summed E-state index contributed by atoms with van der Waals surface area (Å²) in [5, 5.41) is 3.69. The molecule has 24 heavy (non-hydrogen) atoms. The molecule has 2 aromatic carbocycles. The van der Waals surface area contributed by atoms with Crippen LogP contribution in [0.2, 0.25) is 0 Å². The highest BCUT2D eigenvalue weighted by atomic mass is 16.7. The lowest BCUT2D eigenvalue weighted by Gasteiger charge is -2.09. The van der Waals surface area contributed by atoms with E-state index in [9.17, 15) is 4.79 Å². The first-order valence-corrected chi connectivity index (χ1v) is 7.34. The molecule has 0 heterocycles. The predicted octanol–water partition coefficient (Wildman–Crippen LogP) is 2.68. The second-order valence-corrected chi connectivity index (χ2v) is 5.19. The number of oxime groups is 1. The zero-order chi connectivity index (χ0) is 17.5. The maximum atomic E-state index is 11.9. The molecule has 0 fully saturated rings. The fourth-order valence-electron chi connectivity index (χ4n) is 2.07. The molecule has 2 rings (SSSR count). The van der Waals surface area contributed by atoms with E-state index in [2.05, 4.69) is 5.16 Å². The SMILES string of the molecule is COc1ccc(C/C(N)=N/OC(=O)c2ccc(C)cc2)cc1OC. The number of amidine groups is 1. The van der Waals surface area contributed by atoms with E-state index in [1.807, 2.05) is 25.1 Å². The third-order valence-electron chi connectivity index (χ3n) is 3.37. The molecule has 2 N–H and O–H groups in total. The normalized spacial score (nSPS) is 11.0. The van der Waals surface area contributed by atoms with Crippen LogP contribution in [0.15, 0.2) is 47.6 Å². The largest absolute Gasteiger partial charge is 0.493 e. The summed E-state index contributed by atoms with van der Waals surface area (Å²) in [7, 11) is 3.13. The minimum Gasteiger partial charge on any atom is -0.493 e. The fraction of sp³-hybridized carbons (Fsp3) is 0.222. The molecule has 0 aliphatic rings. The molecule has 0 amide bonds. The summed E-state index contributed by atoms with van der Waals surface area (Å²) in [6.45, 7) is 1.94. The lowest BCUT2D eigenvalue weighted by molar-refractivity contribution is 0.0515. The second kappa shape index (κ2) is 8.01. The van der Waals surface area contributed by atoms with E-state index >= 15 is 0 Å². The summed E-state index contributed by atoms with van der Waals surface area (Å²) in [4.78, 5) is 16.7. The summed E-state index contributed by atoms with van der Waals surface area (Å²) >= 11 is 0. The van der Waals surface area contributed by atoms with Gasteiger partial charge in [0, 0.05) is 6.42 Å². The number of nitrogens with zero attached hydrogens (tertiary/aromatic N) is 1. The van der Waals surface area contributed by atoms with Crippen LogP contribution in [0.5, 0.6) is 11.5 Å². The van der Waals surface area contributed by atoms with Gasteiger partial charge < -0.3 is 20.0 Å². The van der Waals surface area contributed by atoms with Crippen molar-refractivity contribution in [1.29, 1.82) is 0 Å². The van der Waals surface area contributed by atoms with Gasteiger partial charge in [-0.3, -0.25) is 0 Å². The van der Waals surface area contributed by atoms with Crippen LogP contribution in [0.25, 0.3) is 0 Å². The Labute approximate surface area is 140 Å². The molecular formula is C18H20N2O4. The van der Waals surface area contributed by atoms with Gasteiger partial charge >= 0.3 is 5.97 Å². The van der Waals surface area contributed by atoms with Crippen molar-refractivity contribution in [3.8, 4) is 11.5 Å². The van der Waals surface area contributed by atoms with Crippen LogP contribution in [-0.2, 0) is 11.3 Å². The lowest BCUT2D eigenvalue weighted by atomic mass is 10.1. The molecule has 0 spiro atoms. The number of aryl methyl sites for hydroxylation is 1. The Kier molecular flexibility index (Phi) is 5.78. The van der Waals surface area contributed by atoms with Crippen molar-refractivity contribution >= 4 is 11.8 Å². The summed E-state index contributed by atoms with van der Waals surface area (Å²) in [5.74, 6) is 0.856. The number of hydrogen-bond donors (Lipinski definition) is 1. The molecular weight excluding hydrogens is 308 g/mol. The van der Waals surface area contributed by atoms with Crippen molar-refractivity contribution in [3.05, 3.63) is 59.2 Å². The van der Waals surface area contributed by atoms with E-state index in [-0.39, 0.29) is 5.84 Å². The van der Waals surface area contributed by atoms with Crippen molar-refractivity contribution in [1.82, 2.24) is 0 Å². The van der Waals surface area contributed by atoms with Gasteiger partial charge in [-0.25, -0.2) is 4.79 Å². The van der Waals surface area contributed by atoms with Gasteiger partial charge in [0.05, 0.1) is 19.8 Å². The standard InChI is InChI=1S/C18H20N2O4/c1-12-4-7-14(8-5-12)18(21)24-20-17(19)11-13-6-9-15(22-2)16(10-13)23-3/h4-10H,11H2,1-3H3,(H2,19,20). The molecule has 0 radical (unpaired) electrons. The Morgan fingerprint density at radius 1 is 1.04 bits per heavy atom. The summed E-state index contributed by atoms with van der Waals surface area (Å²) in [5.41, 5.74) is 8.16. The van der Waals surface area contributed by atoms with Gasteiger partial charge in [0.2, 0.25) is 0 Å². The van der Waals surface area contributed by atoms with Crippen molar-refractivity contribution in [2.45, 2.75) is 13.3 Å². The van der Waals surface area contributed by atoms with Crippen molar-refractivity contribution in [2.75, 3.05) is 14.2 Å². The highest BCUT2D eigenvalue weighted by molar-refractivity contribution is 5.90. The van der Waals surface area contributed by atoms with E-state index in [1.165, 1.54) is 0 Å². The average Bonchev–Trinajstić information content (AvgIpc) is 2.60. The molecule has 0 bridgehead atoms. The Hall–Kier alpha value is -3.02. The minimum absolute atomic E-state index is 0.183. The highest BCUT2D eigenvalue weighted by Gasteiger charge is 2.09. The molecule has 0 aromatic heterocycles. The number of ether oxygens (including phenoxy) is 2. The molecule has 0 aliphatic carbocycles. The number of rotatable bonds is 6. The Bertz CT molecular complexity index is 739. The Morgan fingerprint density at radius 3 is 2.33 bits per heavy atom. The van der Waals surface area contributed by atoms with Gasteiger partial charge in [-0.2, -0.15) is 0 Å². The van der Waals surface area contributed by atoms with E-state index < -0.39 is 5.97 Å². The second-order valence-electron chi connectivity index (χ2n) is 5.19. The maximum absolute atomic E-state index is 11.9. The minimum atomic E-state index is -0.551. The van der Waals surface area contributed by atoms with Gasteiger partial charge in [0.1, 0.15) is 5.84 Å². The van der Waals surface area contributed by atoms with Crippen LogP contribution in [0.4, 0.5) is 0 Å². The zero-order valence-electron chi connectivity index (χ0n) is 13.9. The molecule has 0 saturated carbocycles. The quantitative estimate of drug-likeness (QED) is 0.381. The van der Waals surface area contributed by atoms with E-state index in [0.29, 0.717) is 23.5 Å². The highest BCUT2D eigenvalue weighted by Crippen LogP contribution is 2.27. The molecule has 6 nitrogen and oxygen atoms in total. The molecule has 0 aliphatic heterocycles. The van der Waals surface area contributed by atoms with Crippen LogP contribution in [0, 0.1) is 6.92 Å². The predicted molar refractivity (Wildman–Crippen MR) is 91.5 cm³/mol. The number of carbonyl (C=O) groups excluding carboxylic acids is 1. The van der Waals surface area contributed by atoms with Crippen LogP contribution in [-0.4, -0.2) is 26.0 Å². The monoisotopic (exact) mass is 328 g/mol. The molecule has 126 valence electrons. The van der Waals surface area contributed by atoms with Gasteiger partial charge in [-0.15, -0.1) is 0 Å². The first-order chi connectivity index (χ1) is 11.5. The van der Waals surface area contributed by atoms with Crippen LogP contribution >= 0.6 is 0 Å². The van der Waals surface area contributed by atoms with E-state index in [4.69, 9.17) is 20.0 Å². The smallest absolute Gasteiger partial charge is 0.365 e. The molecule has 0 unspecified atom stereocenters. The number of methoxy groups -OCH3 is 2. The summed E-state index contributed by atoms with van der Waals surface area (Å²) in [6, 6.07) is 12.4. The van der Waals surface area contributed by atoms with Crippen LogP contribution < -0.4 is 15.2 Å². The van der Waals surface area contributed by atoms with Crippen LogP contribution in [0.1, 0.15) is 21.5 Å². The lowest BCUT2D eigenvalue weighted by Crippen LogP contribution is -2.16. The first-order valence-electron chi connectivity index (χ1n) is 7.34. The van der Waals surface area contributed by atoms with Crippen molar-refractivity contribution < 1.29 is 19.1 Å². The number of carbonyl (C=O) groups is 1. The molecule has 6 heteroatoms. The van der Waals surface area contributed by atoms with Crippen molar-refractivity contribution in [3.63, 3.8) is 0 Å². The molecule has 0 atom stereocenters. The summed E-state index contributed by atoms with van der Waals surface area (Å²) in [6.07, 6.45) is 0.321. The molecule has 0 saturated heterocycles. The first kappa shape index (κ1) is 17.3. The van der Waals surface area contributed by atoms with Crippen LogP contribution in [0.3, 0.4) is 0 Å². The number of hydrogen-bond acceptors (Lipinski definition) is 5. The maximum Gasteiger partial charge on any atom is 0.365 e. The average molecular weight is 328 g/mol. The third kappa shape index (κ3) is 4.49. The van der Waals surface area contributed by atoms with Gasteiger partial charge in [0.25, 0.3) is 0 Å². The molecule has 2 aromatic rings. The Morgan fingerprint density at radius 2 is 1.71 bits per heavy atom. The van der Waals surface area contributed by atoms with Gasteiger partial charge in [-0.1, -0.05) is 28.9 Å². The van der Waals surface area contributed by atoms with Gasteiger partial charge in [-0.05, 0) is 36.8 Å². The summed E-state index contributed by atoms with van der Waals surface area (Å²) < 4.78 is 10.4. The van der Waals surface area contributed by atoms with E-state index in [1.54, 1.807) is 38.5 Å². The van der Waals surface area contributed by atoms with Gasteiger partial charge in [0.15, 0.2) is 11.5 Å². The van der Waals surface area contributed by atoms with Crippen molar-refractivity contribution in [2.24, 2.45) is 10.9 Å². The van der Waals surface area contributed by atoms with E-state index in [0.717, 1.165) is 11.1 Å². The number of benzene rings is 2. The Balaban J connectivity index is 2.01.